The summed E-state index contributed by atoms with van der Waals surface area (Å²) in [6.07, 6.45) is 3.78. The number of esters is 1. The SMILES string of the molecule is C[C@]12C=CC(=O)C=C1CC[C@H]1[C@@H]3CC[C@](OC(=O)c4ccc(Sc5ccccc5O)cc4)(C(=O)O)[C@@]3(C)C[C@H](O)[C@@]12F. The van der Waals surface area contributed by atoms with Crippen LogP contribution in [0.5, 0.6) is 5.75 Å². The highest BCUT2D eigenvalue weighted by molar-refractivity contribution is 7.99. The van der Waals surface area contributed by atoms with Crippen LogP contribution >= 0.6 is 11.8 Å². The van der Waals surface area contributed by atoms with E-state index in [2.05, 4.69) is 0 Å². The Morgan fingerprint density at radius 3 is 2.45 bits per heavy atom. The molecule has 2 aromatic carbocycles. The zero-order valence-corrected chi connectivity index (χ0v) is 24.2. The summed E-state index contributed by atoms with van der Waals surface area (Å²) in [6.45, 7) is 3.41. The van der Waals surface area contributed by atoms with Crippen LogP contribution in [-0.4, -0.2) is 50.4 Å². The number of aliphatic hydroxyl groups excluding tert-OH is 1. The largest absolute Gasteiger partial charge is 0.507 e. The predicted molar refractivity (Wildman–Crippen MR) is 153 cm³/mol. The van der Waals surface area contributed by atoms with Crippen LogP contribution in [0.15, 0.2) is 82.1 Å². The number of aromatic hydroxyl groups is 1. The molecule has 3 saturated carbocycles. The Morgan fingerprint density at radius 1 is 1.05 bits per heavy atom. The lowest BCUT2D eigenvalue weighted by molar-refractivity contribution is -0.222. The number of benzene rings is 2. The molecule has 0 aromatic heterocycles. The number of ketones is 1. The molecule has 42 heavy (non-hydrogen) atoms. The minimum absolute atomic E-state index is 0.00347. The van der Waals surface area contributed by atoms with Gasteiger partial charge in [-0.25, -0.2) is 14.0 Å². The normalized spacial score (nSPS) is 36.8. The molecular weight excluding hydrogens is 559 g/mol. The zero-order chi connectivity index (χ0) is 30.1. The van der Waals surface area contributed by atoms with Gasteiger partial charge in [-0.2, -0.15) is 0 Å². The van der Waals surface area contributed by atoms with E-state index in [1.807, 2.05) is 0 Å². The number of aliphatic hydroxyl groups is 1. The maximum atomic E-state index is 17.3. The molecule has 0 bridgehead atoms. The van der Waals surface area contributed by atoms with Crippen molar-refractivity contribution in [3.8, 4) is 5.75 Å². The standard InChI is InChI=1S/C33H33FO7S/c1-30-15-13-21(35)17-20(30)9-12-24-23-14-16-32(29(39)40,31(23,2)18-27(37)33(24,30)34)41-28(38)19-7-10-22(11-8-19)42-26-6-4-3-5-25(26)36/h3-8,10-11,13,15,17,23-24,27,36-37H,9,12,14,16,18H2,1-2H3,(H,39,40)/t23-,24-,27-,30-,31-,32-,33-/m0/s1. The second-order valence-corrected chi connectivity index (χ2v) is 13.5. The molecule has 0 amide bonds. The number of carboxylic acid groups (broad SMARTS) is 1. The van der Waals surface area contributed by atoms with E-state index in [-0.39, 0.29) is 29.9 Å². The van der Waals surface area contributed by atoms with E-state index in [0.29, 0.717) is 29.7 Å². The lowest BCUT2D eigenvalue weighted by Crippen LogP contribution is -2.69. The Kier molecular flexibility index (Phi) is 6.70. The van der Waals surface area contributed by atoms with Crippen LogP contribution in [0.4, 0.5) is 4.39 Å². The second-order valence-electron chi connectivity index (χ2n) is 12.4. The molecule has 0 aliphatic heterocycles. The Morgan fingerprint density at radius 2 is 1.76 bits per heavy atom. The van der Waals surface area contributed by atoms with Gasteiger partial charge < -0.3 is 20.1 Å². The third-order valence-electron chi connectivity index (χ3n) is 10.6. The molecule has 3 fully saturated rings. The van der Waals surface area contributed by atoms with Gasteiger partial charge in [0.25, 0.3) is 0 Å². The third kappa shape index (κ3) is 3.93. The van der Waals surface area contributed by atoms with Gasteiger partial charge in [-0.1, -0.05) is 42.5 Å². The number of halogens is 1. The fourth-order valence-electron chi connectivity index (χ4n) is 8.31. The maximum absolute atomic E-state index is 17.3. The van der Waals surface area contributed by atoms with E-state index >= 15 is 4.39 Å². The minimum Gasteiger partial charge on any atom is -0.507 e. The van der Waals surface area contributed by atoms with E-state index in [1.54, 1.807) is 68.5 Å². The fourth-order valence-corrected chi connectivity index (χ4v) is 9.15. The first-order valence-corrected chi connectivity index (χ1v) is 15.0. The van der Waals surface area contributed by atoms with Gasteiger partial charge in [0.15, 0.2) is 11.5 Å². The smallest absolute Gasteiger partial charge is 0.348 e. The molecule has 7 nitrogen and oxygen atoms in total. The molecule has 220 valence electrons. The molecule has 2 aromatic rings. The summed E-state index contributed by atoms with van der Waals surface area (Å²) in [5.41, 5.74) is -5.65. The van der Waals surface area contributed by atoms with Gasteiger partial charge >= 0.3 is 11.9 Å². The van der Waals surface area contributed by atoms with Crippen LogP contribution in [0.2, 0.25) is 0 Å². The second kappa shape index (κ2) is 9.81. The molecule has 0 heterocycles. The topological polar surface area (TPSA) is 121 Å². The van der Waals surface area contributed by atoms with Gasteiger partial charge in [0.1, 0.15) is 5.75 Å². The van der Waals surface area contributed by atoms with Gasteiger partial charge in [0.05, 0.1) is 16.6 Å². The van der Waals surface area contributed by atoms with Crippen molar-refractivity contribution >= 4 is 29.5 Å². The predicted octanol–water partition coefficient (Wildman–Crippen LogP) is 5.89. The molecule has 4 aliphatic rings. The Labute approximate surface area is 247 Å². The molecule has 3 N–H and O–H groups in total. The summed E-state index contributed by atoms with van der Waals surface area (Å²) < 4.78 is 23.3. The zero-order valence-electron chi connectivity index (χ0n) is 23.4. The van der Waals surface area contributed by atoms with Gasteiger partial charge in [0.2, 0.25) is 5.60 Å². The first-order valence-electron chi connectivity index (χ1n) is 14.2. The van der Waals surface area contributed by atoms with Gasteiger partial charge in [-0.3, -0.25) is 4.79 Å². The maximum Gasteiger partial charge on any atom is 0.348 e. The molecular formula is C33H33FO7S. The van der Waals surface area contributed by atoms with Crippen molar-refractivity contribution in [3.63, 3.8) is 0 Å². The van der Waals surface area contributed by atoms with E-state index < -0.39 is 52.0 Å². The Balaban J connectivity index is 1.28. The average Bonchev–Trinajstić information content (AvgIpc) is 3.24. The van der Waals surface area contributed by atoms with Crippen LogP contribution in [0, 0.1) is 22.7 Å². The number of phenolic OH excluding ortho intramolecular Hbond substituents is 1. The summed E-state index contributed by atoms with van der Waals surface area (Å²) in [5.74, 6) is -3.33. The van der Waals surface area contributed by atoms with Crippen molar-refractivity contribution in [2.75, 3.05) is 0 Å². The van der Waals surface area contributed by atoms with Crippen molar-refractivity contribution in [1.29, 1.82) is 0 Å². The molecule has 0 unspecified atom stereocenters. The summed E-state index contributed by atoms with van der Waals surface area (Å²) >= 11 is 1.32. The number of hydrogen-bond donors (Lipinski definition) is 3. The number of phenols is 1. The van der Waals surface area contributed by atoms with Crippen molar-refractivity contribution in [1.82, 2.24) is 0 Å². The van der Waals surface area contributed by atoms with E-state index in [4.69, 9.17) is 4.74 Å². The first-order chi connectivity index (χ1) is 19.9. The number of carbonyl (C=O) groups excluding carboxylic acids is 2. The molecule has 7 atom stereocenters. The summed E-state index contributed by atoms with van der Waals surface area (Å²) in [7, 11) is 0. The number of carbonyl (C=O) groups is 3. The number of rotatable bonds is 5. The van der Waals surface area contributed by atoms with Crippen LogP contribution in [0.1, 0.15) is 56.3 Å². The highest BCUT2D eigenvalue weighted by Crippen LogP contribution is 2.70. The van der Waals surface area contributed by atoms with Crippen LogP contribution < -0.4 is 0 Å². The Bertz CT molecular complexity index is 1540. The molecule has 0 radical (unpaired) electrons. The number of ether oxygens (including phenoxy) is 1. The highest BCUT2D eigenvalue weighted by Gasteiger charge is 2.76. The lowest BCUT2D eigenvalue weighted by atomic mass is 9.45. The number of fused-ring (bicyclic) bond motifs is 5. The van der Waals surface area contributed by atoms with E-state index in [9.17, 15) is 29.7 Å². The number of para-hydroxylation sites is 1. The molecule has 0 spiro atoms. The third-order valence-corrected chi connectivity index (χ3v) is 11.6. The number of hydrogen-bond acceptors (Lipinski definition) is 7. The molecule has 6 rings (SSSR count). The summed E-state index contributed by atoms with van der Waals surface area (Å²) in [5, 5.41) is 32.1. The van der Waals surface area contributed by atoms with Crippen LogP contribution in [0.25, 0.3) is 0 Å². The number of aliphatic carboxylic acids is 1. The lowest BCUT2D eigenvalue weighted by Gasteiger charge is -2.62. The van der Waals surface area contributed by atoms with Crippen molar-refractivity contribution in [3.05, 3.63) is 77.9 Å². The number of alkyl halides is 1. The number of carboxylic acids is 1. The summed E-state index contributed by atoms with van der Waals surface area (Å²) in [4.78, 5) is 39.9. The number of allylic oxidation sites excluding steroid dienone is 4. The van der Waals surface area contributed by atoms with Crippen molar-refractivity contribution in [2.24, 2.45) is 22.7 Å². The highest BCUT2D eigenvalue weighted by atomic mass is 32.2. The van der Waals surface area contributed by atoms with Crippen molar-refractivity contribution in [2.45, 2.75) is 73.1 Å². The van der Waals surface area contributed by atoms with Crippen LogP contribution in [0.3, 0.4) is 0 Å². The van der Waals surface area contributed by atoms with E-state index in [1.165, 1.54) is 23.9 Å². The first kappa shape index (κ1) is 28.7. The fraction of sp³-hybridized carbons (Fsp3) is 0.424. The van der Waals surface area contributed by atoms with Crippen molar-refractivity contribution < 1.29 is 38.8 Å². The molecule has 9 heteroatoms. The molecule has 4 aliphatic carbocycles. The minimum atomic E-state index is -2.10. The quantitative estimate of drug-likeness (QED) is 0.368. The van der Waals surface area contributed by atoms with E-state index in [0.717, 1.165) is 4.90 Å². The average molecular weight is 593 g/mol. The van der Waals surface area contributed by atoms with Gasteiger partial charge in [-0.15, -0.1) is 0 Å². The van der Waals surface area contributed by atoms with Crippen LogP contribution in [-0.2, 0) is 14.3 Å². The Hall–Kier alpha value is -3.43. The molecule has 0 saturated heterocycles. The monoisotopic (exact) mass is 592 g/mol. The van der Waals surface area contributed by atoms with Gasteiger partial charge in [-0.05, 0) is 93.5 Å². The van der Waals surface area contributed by atoms with Gasteiger partial charge in [0, 0.05) is 21.6 Å². The summed E-state index contributed by atoms with van der Waals surface area (Å²) in [6, 6.07) is 13.4.